The lowest BCUT2D eigenvalue weighted by atomic mass is 9.83. The molecule has 2 aromatic carbocycles. The summed E-state index contributed by atoms with van der Waals surface area (Å²) in [6.45, 7) is 5.17. The van der Waals surface area contributed by atoms with Gasteiger partial charge in [-0.05, 0) is 117 Å². The number of nitrogens with one attached hydrogen (secondary N) is 1. The third-order valence-corrected chi connectivity index (χ3v) is 7.82. The van der Waals surface area contributed by atoms with Crippen molar-refractivity contribution in [3.63, 3.8) is 0 Å². The molecule has 5 nitrogen and oxygen atoms in total. The number of benzene rings is 2. The highest BCUT2D eigenvalue weighted by atomic mass is 16.1. The van der Waals surface area contributed by atoms with Gasteiger partial charge in [0.05, 0.1) is 11.6 Å². The summed E-state index contributed by atoms with van der Waals surface area (Å²) in [6.07, 6.45) is 8.53. The van der Waals surface area contributed by atoms with Gasteiger partial charge in [-0.15, -0.1) is 0 Å². The van der Waals surface area contributed by atoms with Gasteiger partial charge in [-0.2, -0.15) is 5.26 Å². The molecule has 5 rings (SSSR count). The van der Waals surface area contributed by atoms with Crippen LogP contribution in [0.1, 0.15) is 64.8 Å². The topological polar surface area (TPSA) is 69.0 Å². The average Bonchev–Trinajstić information content (AvgIpc) is 2.92. The maximum absolute atomic E-state index is 13.0. The van der Waals surface area contributed by atoms with E-state index in [0.717, 1.165) is 72.8 Å². The van der Waals surface area contributed by atoms with Gasteiger partial charge in [0.15, 0.2) is 0 Å². The van der Waals surface area contributed by atoms with Crippen LogP contribution in [-0.2, 0) is 13.0 Å². The summed E-state index contributed by atoms with van der Waals surface area (Å²) in [5.41, 5.74) is 7.29. The van der Waals surface area contributed by atoms with Gasteiger partial charge in [0.2, 0.25) is 0 Å². The van der Waals surface area contributed by atoms with Gasteiger partial charge >= 0.3 is 0 Å². The molecule has 0 bridgehead atoms. The predicted octanol–water partition coefficient (Wildman–Crippen LogP) is 5.67. The van der Waals surface area contributed by atoms with Gasteiger partial charge < -0.3 is 5.32 Å². The number of carbonyl (C=O) groups excluding carboxylic acids is 1. The summed E-state index contributed by atoms with van der Waals surface area (Å²) in [5.74, 6) is 0.761. The van der Waals surface area contributed by atoms with Crippen molar-refractivity contribution in [3.8, 4) is 17.2 Å². The summed E-state index contributed by atoms with van der Waals surface area (Å²) in [4.78, 5) is 19.8. The summed E-state index contributed by atoms with van der Waals surface area (Å²) in [7, 11) is 0. The molecule has 2 aliphatic rings. The number of amides is 1. The number of pyridine rings is 1. The fraction of sp³-hybridized carbons (Fsp3) is 0.387. The molecule has 2 heterocycles. The maximum Gasteiger partial charge on any atom is 0.251 e. The summed E-state index contributed by atoms with van der Waals surface area (Å²) in [6, 6.07) is 20.5. The van der Waals surface area contributed by atoms with E-state index in [1.807, 2.05) is 55.6 Å². The van der Waals surface area contributed by atoms with Crippen LogP contribution in [0.15, 0.2) is 60.8 Å². The van der Waals surface area contributed by atoms with E-state index in [9.17, 15) is 4.79 Å². The van der Waals surface area contributed by atoms with Gasteiger partial charge in [0.1, 0.15) is 0 Å². The number of fused-ring (bicyclic) bond motifs is 1. The molecule has 0 spiro atoms. The number of carbonyl (C=O) groups is 1. The lowest BCUT2D eigenvalue weighted by molar-refractivity contribution is 0.0919. The van der Waals surface area contributed by atoms with E-state index in [0.29, 0.717) is 0 Å². The van der Waals surface area contributed by atoms with Gasteiger partial charge in [0, 0.05) is 36.6 Å². The number of rotatable bonds is 6. The summed E-state index contributed by atoms with van der Waals surface area (Å²) in [5, 5.41) is 12.4. The molecule has 36 heavy (non-hydrogen) atoms. The van der Waals surface area contributed by atoms with Gasteiger partial charge in [-0.3, -0.25) is 14.7 Å². The van der Waals surface area contributed by atoms with Crippen molar-refractivity contribution in [1.29, 1.82) is 5.26 Å². The van der Waals surface area contributed by atoms with Gasteiger partial charge in [-0.25, -0.2) is 0 Å². The lowest BCUT2D eigenvalue weighted by Gasteiger charge is -2.33. The van der Waals surface area contributed by atoms with Crippen LogP contribution in [0.4, 0.5) is 0 Å². The van der Waals surface area contributed by atoms with Crippen LogP contribution in [0.25, 0.3) is 11.1 Å². The van der Waals surface area contributed by atoms with E-state index >= 15 is 0 Å². The second kappa shape index (κ2) is 11.1. The highest BCUT2D eigenvalue weighted by molar-refractivity contribution is 5.95. The SMILES string of the molecule is Cc1cc(-c2cccc(C(=O)NC3CCC(CCN4CCc5cc(C#N)ccc5C4)CC3)c2)ccn1. The molecular weight excluding hydrogens is 444 g/mol. The lowest BCUT2D eigenvalue weighted by Crippen LogP contribution is -2.38. The largest absolute Gasteiger partial charge is 0.349 e. The zero-order valence-electron chi connectivity index (χ0n) is 21.0. The van der Waals surface area contributed by atoms with Gasteiger partial charge in [-0.1, -0.05) is 18.2 Å². The molecule has 0 saturated heterocycles. The molecule has 0 atom stereocenters. The molecule has 1 N–H and O–H groups in total. The van der Waals surface area contributed by atoms with Crippen LogP contribution in [-0.4, -0.2) is 34.9 Å². The first-order valence-corrected chi connectivity index (χ1v) is 13.2. The Morgan fingerprint density at radius 2 is 1.89 bits per heavy atom. The number of aryl methyl sites for hydroxylation is 1. The van der Waals surface area contributed by atoms with Crippen LogP contribution >= 0.6 is 0 Å². The first kappa shape index (κ1) is 24.2. The highest BCUT2D eigenvalue weighted by Crippen LogP contribution is 2.29. The Morgan fingerprint density at radius 1 is 1.06 bits per heavy atom. The fourth-order valence-corrected chi connectivity index (χ4v) is 5.67. The molecule has 5 heteroatoms. The molecule has 1 aromatic heterocycles. The third-order valence-electron chi connectivity index (χ3n) is 7.82. The summed E-state index contributed by atoms with van der Waals surface area (Å²) < 4.78 is 0. The Hall–Kier alpha value is -3.49. The third kappa shape index (κ3) is 5.83. The number of nitrogens with zero attached hydrogens (tertiary/aromatic N) is 3. The molecular formula is C31H34N4O. The summed E-state index contributed by atoms with van der Waals surface area (Å²) >= 11 is 0. The quantitative estimate of drug-likeness (QED) is 0.496. The minimum atomic E-state index is 0.0256. The van der Waals surface area contributed by atoms with Crippen molar-refractivity contribution in [2.75, 3.05) is 13.1 Å². The van der Waals surface area contributed by atoms with E-state index in [4.69, 9.17) is 5.26 Å². The van der Waals surface area contributed by atoms with Crippen molar-refractivity contribution in [3.05, 3.63) is 88.7 Å². The van der Waals surface area contributed by atoms with E-state index in [1.165, 1.54) is 30.4 Å². The first-order valence-electron chi connectivity index (χ1n) is 13.2. The predicted molar refractivity (Wildman–Crippen MR) is 142 cm³/mol. The van der Waals surface area contributed by atoms with E-state index in [-0.39, 0.29) is 11.9 Å². The average molecular weight is 479 g/mol. The molecule has 1 fully saturated rings. The van der Waals surface area contributed by atoms with Crippen LogP contribution < -0.4 is 5.32 Å². The van der Waals surface area contributed by atoms with Crippen molar-refractivity contribution in [2.45, 2.75) is 58.0 Å². The highest BCUT2D eigenvalue weighted by Gasteiger charge is 2.24. The fourth-order valence-electron chi connectivity index (χ4n) is 5.67. The Morgan fingerprint density at radius 3 is 2.69 bits per heavy atom. The standard InChI is InChI=1S/C31H34N4O/c1-22-17-26(11-14-33-22)25-3-2-4-28(19-25)31(36)34-30-9-6-23(7-10-30)12-15-35-16-13-27-18-24(20-32)5-8-29(27)21-35/h2-5,8,11,14,17-19,23,30H,6-7,9-10,12-13,15-16,21H2,1H3,(H,34,36). The Bertz CT molecular complexity index is 1270. The van der Waals surface area contributed by atoms with Crippen molar-refractivity contribution in [1.82, 2.24) is 15.2 Å². The number of aromatic nitrogens is 1. The smallest absolute Gasteiger partial charge is 0.251 e. The Balaban J connectivity index is 1.08. The van der Waals surface area contributed by atoms with E-state index in [1.54, 1.807) is 0 Å². The molecule has 1 aliphatic heterocycles. The van der Waals surface area contributed by atoms with Crippen LogP contribution in [0.3, 0.4) is 0 Å². The van der Waals surface area contributed by atoms with E-state index in [2.05, 4.69) is 33.4 Å². The molecule has 1 saturated carbocycles. The molecule has 3 aromatic rings. The van der Waals surface area contributed by atoms with Crippen molar-refractivity contribution < 1.29 is 4.79 Å². The minimum absolute atomic E-state index is 0.0256. The van der Waals surface area contributed by atoms with Crippen LogP contribution in [0.2, 0.25) is 0 Å². The molecule has 0 unspecified atom stereocenters. The number of hydrogen-bond acceptors (Lipinski definition) is 4. The zero-order chi connectivity index (χ0) is 24.9. The van der Waals surface area contributed by atoms with Crippen LogP contribution in [0, 0.1) is 24.2 Å². The zero-order valence-corrected chi connectivity index (χ0v) is 21.0. The normalized spacial score (nSPS) is 19.8. The van der Waals surface area contributed by atoms with Crippen LogP contribution in [0.5, 0.6) is 0 Å². The monoisotopic (exact) mass is 478 g/mol. The Kier molecular flexibility index (Phi) is 7.44. The maximum atomic E-state index is 13.0. The Labute approximate surface area is 214 Å². The molecule has 1 amide bonds. The minimum Gasteiger partial charge on any atom is -0.349 e. The number of nitriles is 1. The number of hydrogen-bond donors (Lipinski definition) is 1. The second-order valence-electron chi connectivity index (χ2n) is 10.4. The second-order valence-corrected chi connectivity index (χ2v) is 10.4. The van der Waals surface area contributed by atoms with Gasteiger partial charge in [0.25, 0.3) is 5.91 Å². The first-order chi connectivity index (χ1) is 17.6. The van der Waals surface area contributed by atoms with E-state index < -0.39 is 0 Å². The molecule has 184 valence electrons. The molecule has 0 radical (unpaired) electrons. The molecule has 1 aliphatic carbocycles. The van der Waals surface area contributed by atoms with Crippen molar-refractivity contribution >= 4 is 5.91 Å². The van der Waals surface area contributed by atoms with Crippen molar-refractivity contribution in [2.24, 2.45) is 5.92 Å².